The van der Waals surface area contributed by atoms with Crippen LogP contribution in [0, 0.1) is 13.8 Å². The quantitative estimate of drug-likeness (QED) is 0.535. The molecular formula is C16H12N4O4S2. The number of carbonyl (C=O) groups excluding carboxylic acids is 1. The molecule has 0 atom stereocenters. The van der Waals surface area contributed by atoms with Crippen molar-refractivity contribution in [3.05, 3.63) is 49.3 Å². The molecule has 0 saturated heterocycles. The van der Waals surface area contributed by atoms with Crippen LogP contribution >= 0.6 is 22.7 Å². The summed E-state index contributed by atoms with van der Waals surface area (Å²) in [5.74, 6) is 0.583. The molecule has 1 N–H and O–H groups in total. The Hall–Kier alpha value is -2.85. The molecule has 4 aromatic rings. The molecule has 4 rings (SSSR count). The molecule has 0 radical (unpaired) electrons. The topological polar surface area (TPSA) is 111 Å². The van der Waals surface area contributed by atoms with Crippen LogP contribution in [-0.2, 0) is 11.3 Å². The second kappa shape index (κ2) is 6.46. The molecule has 10 heteroatoms. The van der Waals surface area contributed by atoms with Gasteiger partial charge in [0.15, 0.2) is 6.61 Å². The van der Waals surface area contributed by atoms with E-state index in [1.165, 1.54) is 11.3 Å². The van der Waals surface area contributed by atoms with Crippen molar-refractivity contribution in [3.63, 3.8) is 0 Å². The smallest absolute Gasteiger partial charge is 0.349 e. The van der Waals surface area contributed by atoms with Crippen molar-refractivity contribution in [3.8, 4) is 11.4 Å². The van der Waals surface area contributed by atoms with Gasteiger partial charge in [-0.3, -0.25) is 4.79 Å². The summed E-state index contributed by atoms with van der Waals surface area (Å²) in [6.07, 6.45) is 0. The minimum absolute atomic E-state index is 0.146. The van der Waals surface area contributed by atoms with Crippen molar-refractivity contribution < 1.29 is 14.1 Å². The van der Waals surface area contributed by atoms with Gasteiger partial charge in [0, 0.05) is 10.9 Å². The fraction of sp³-hybridized carbons (Fsp3) is 0.188. The van der Waals surface area contributed by atoms with Crippen molar-refractivity contribution in [2.45, 2.75) is 20.5 Å². The number of esters is 1. The highest BCUT2D eigenvalue weighted by Gasteiger charge is 2.21. The second-order valence-corrected chi connectivity index (χ2v) is 7.27. The number of hydrogen-bond acceptors (Lipinski definition) is 9. The second-order valence-electron chi connectivity index (χ2n) is 5.49. The maximum Gasteiger partial charge on any atom is 0.349 e. The highest BCUT2D eigenvalue weighted by molar-refractivity contribution is 7.20. The molecule has 0 bridgehead atoms. The van der Waals surface area contributed by atoms with Crippen molar-refractivity contribution >= 4 is 38.9 Å². The van der Waals surface area contributed by atoms with Gasteiger partial charge in [-0.15, -0.1) is 11.3 Å². The molecule has 0 aliphatic carbocycles. The third kappa shape index (κ3) is 2.93. The number of nitrogens with one attached hydrogen (secondary N) is 1. The van der Waals surface area contributed by atoms with Crippen LogP contribution in [0.3, 0.4) is 0 Å². The molecule has 132 valence electrons. The summed E-state index contributed by atoms with van der Waals surface area (Å²) >= 11 is 2.65. The van der Waals surface area contributed by atoms with Gasteiger partial charge in [0.2, 0.25) is 5.82 Å². The van der Waals surface area contributed by atoms with E-state index < -0.39 is 5.97 Å². The lowest BCUT2D eigenvalue weighted by atomic mass is 10.2. The van der Waals surface area contributed by atoms with Crippen LogP contribution < -0.4 is 5.56 Å². The summed E-state index contributed by atoms with van der Waals surface area (Å²) in [6, 6.07) is 1.87. The average molecular weight is 388 g/mol. The summed E-state index contributed by atoms with van der Waals surface area (Å²) in [6.45, 7) is 3.24. The number of thiophene rings is 2. The first-order chi connectivity index (χ1) is 12.5. The number of hydrogen-bond donors (Lipinski definition) is 1. The summed E-state index contributed by atoms with van der Waals surface area (Å²) in [5.41, 5.74) is 1.13. The number of aromatic amines is 1. The van der Waals surface area contributed by atoms with Gasteiger partial charge < -0.3 is 14.2 Å². The number of ether oxygens (including phenoxy) is 1. The molecule has 8 nitrogen and oxygen atoms in total. The predicted octanol–water partition coefficient (Wildman–Crippen LogP) is 3.07. The third-order valence-corrected chi connectivity index (χ3v) is 5.53. The Morgan fingerprint density at radius 1 is 1.35 bits per heavy atom. The van der Waals surface area contributed by atoms with E-state index in [4.69, 9.17) is 9.26 Å². The van der Waals surface area contributed by atoms with E-state index in [-0.39, 0.29) is 18.1 Å². The Kier molecular flexibility index (Phi) is 4.13. The Morgan fingerprint density at radius 3 is 2.96 bits per heavy atom. The minimum Gasteiger partial charge on any atom is -0.451 e. The maximum absolute atomic E-state index is 12.4. The molecule has 0 unspecified atom stereocenters. The first-order valence-electron chi connectivity index (χ1n) is 7.55. The maximum atomic E-state index is 12.4. The van der Waals surface area contributed by atoms with Crippen LogP contribution in [0.25, 0.3) is 21.6 Å². The van der Waals surface area contributed by atoms with Gasteiger partial charge >= 0.3 is 5.97 Å². The number of aromatic nitrogens is 4. The van der Waals surface area contributed by atoms with Gasteiger partial charge in [0.25, 0.3) is 11.4 Å². The van der Waals surface area contributed by atoms with Gasteiger partial charge in [-0.2, -0.15) is 16.3 Å². The zero-order chi connectivity index (χ0) is 18.3. The van der Waals surface area contributed by atoms with Crippen molar-refractivity contribution in [2.24, 2.45) is 0 Å². The fourth-order valence-electron chi connectivity index (χ4n) is 2.46. The molecule has 0 aliphatic rings. The van der Waals surface area contributed by atoms with E-state index in [2.05, 4.69) is 20.1 Å². The number of aryl methyl sites for hydroxylation is 2. The molecule has 4 heterocycles. The predicted molar refractivity (Wildman–Crippen MR) is 96.4 cm³/mol. The van der Waals surface area contributed by atoms with Gasteiger partial charge in [-0.05, 0) is 30.9 Å². The van der Waals surface area contributed by atoms with E-state index >= 15 is 0 Å². The van der Waals surface area contributed by atoms with Crippen LogP contribution in [-0.4, -0.2) is 26.1 Å². The number of fused-ring (bicyclic) bond motifs is 1. The Morgan fingerprint density at radius 2 is 2.19 bits per heavy atom. The van der Waals surface area contributed by atoms with Gasteiger partial charge in [-0.1, -0.05) is 5.16 Å². The number of rotatable bonds is 4. The first-order valence-corrected chi connectivity index (χ1v) is 9.31. The molecule has 0 spiro atoms. The normalized spacial score (nSPS) is 11.2. The molecule has 4 aromatic heterocycles. The number of H-pyrrole nitrogens is 1. The lowest BCUT2D eigenvalue weighted by Gasteiger charge is -2.00. The molecular weight excluding hydrogens is 376 g/mol. The summed E-state index contributed by atoms with van der Waals surface area (Å²) < 4.78 is 10.4. The van der Waals surface area contributed by atoms with Crippen molar-refractivity contribution in [1.82, 2.24) is 20.1 Å². The number of carbonyl (C=O) groups is 1. The summed E-state index contributed by atoms with van der Waals surface area (Å²) in [4.78, 5) is 36.4. The average Bonchev–Trinajstić information content (AvgIpc) is 3.32. The van der Waals surface area contributed by atoms with Crippen LogP contribution in [0.15, 0.2) is 26.1 Å². The van der Waals surface area contributed by atoms with E-state index in [1.807, 2.05) is 16.8 Å². The molecule has 0 aliphatic heterocycles. The lowest BCUT2D eigenvalue weighted by molar-refractivity contribution is 0.0435. The van der Waals surface area contributed by atoms with Crippen LogP contribution in [0.2, 0.25) is 0 Å². The van der Waals surface area contributed by atoms with Crippen LogP contribution in [0.5, 0.6) is 0 Å². The Labute approximate surface area is 154 Å². The van der Waals surface area contributed by atoms with Gasteiger partial charge in [0.1, 0.15) is 15.5 Å². The highest BCUT2D eigenvalue weighted by Crippen LogP contribution is 2.28. The van der Waals surface area contributed by atoms with E-state index in [0.29, 0.717) is 32.3 Å². The highest BCUT2D eigenvalue weighted by atomic mass is 32.1. The fourth-order valence-corrected chi connectivity index (χ4v) is 4.22. The lowest BCUT2D eigenvalue weighted by Crippen LogP contribution is -2.10. The zero-order valence-electron chi connectivity index (χ0n) is 13.7. The monoisotopic (exact) mass is 388 g/mol. The Balaban J connectivity index is 1.54. The summed E-state index contributed by atoms with van der Waals surface area (Å²) in [5, 5.41) is 8.07. The van der Waals surface area contributed by atoms with E-state index in [1.54, 1.807) is 13.8 Å². The Bertz CT molecular complexity index is 1160. The minimum atomic E-state index is -0.558. The van der Waals surface area contributed by atoms with Crippen molar-refractivity contribution in [2.75, 3.05) is 0 Å². The zero-order valence-corrected chi connectivity index (χ0v) is 15.4. The molecule has 0 aromatic carbocycles. The number of nitrogens with zero attached hydrogens (tertiary/aromatic N) is 3. The van der Waals surface area contributed by atoms with Gasteiger partial charge in [0.05, 0.1) is 5.39 Å². The van der Waals surface area contributed by atoms with Crippen LogP contribution in [0.1, 0.15) is 27.0 Å². The third-order valence-electron chi connectivity index (χ3n) is 3.68. The molecule has 26 heavy (non-hydrogen) atoms. The molecule has 0 saturated carbocycles. The molecule has 0 amide bonds. The van der Waals surface area contributed by atoms with E-state index in [0.717, 1.165) is 16.9 Å². The van der Waals surface area contributed by atoms with Crippen LogP contribution in [0.4, 0.5) is 0 Å². The van der Waals surface area contributed by atoms with E-state index in [9.17, 15) is 9.59 Å². The van der Waals surface area contributed by atoms with Gasteiger partial charge in [-0.25, -0.2) is 9.78 Å². The van der Waals surface area contributed by atoms with Crippen molar-refractivity contribution in [1.29, 1.82) is 0 Å². The first kappa shape index (κ1) is 16.6. The summed E-state index contributed by atoms with van der Waals surface area (Å²) in [7, 11) is 0. The SMILES string of the molecule is Cc1nc2sc(C(=O)OCc3nc(-c4ccsc4)no3)c(C)c2c(=O)[nH]1. The standard InChI is InChI=1S/C16H12N4O4S2/c1-7-11-14(21)17-8(2)18-15(11)26-12(7)16(22)23-5-10-19-13(20-24-10)9-3-4-25-6-9/h3-4,6H,5H2,1-2H3,(H,17,18,21). The largest absolute Gasteiger partial charge is 0.451 e. The molecule has 0 fully saturated rings.